The van der Waals surface area contributed by atoms with Gasteiger partial charge in [0.1, 0.15) is 18.8 Å². The number of ether oxygens (including phenoxy) is 2. The van der Waals surface area contributed by atoms with Crippen LogP contribution in [0.2, 0.25) is 0 Å². The van der Waals surface area contributed by atoms with Crippen molar-refractivity contribution in [1.29, 1.82) is 0 Å². The molecule has 2 heterocycles. The molecule has 1 N–H and O–H groups in total. The maximum atomic E-state index is 13.6. The van der Waals surface area contributed by atoms with Crippen LogP contribution in [0.4, 0.5) is 0 Å². The number of carbonyl (C=O) groups excluding carboxylic acids is 2. The van der Waals surface area contributed by atoms with Gasteiger partial charge in [-0.05, 0) is 47.7 Å². The number of nitrogens with one attached hydrogen (secondary N) is 1. The lowest BCUT2D eigenvalue weighted by Crippen LogP contribution is -3.14. The first-order valence-electron chi connectivity index (χ1n) is 12.4. The van der Waals surface area contributed by atoms with E-state index in [1.807, 2.05) is 31.2 Å². The topological polar surface area (TPSA) is 83.3 Å². The molecule has 7 heteroatoms. The zero-order valence-electron chi connectivity index (χ0n) is 20.8. The Labute approximate surface area is 206 Å². The Morgan fingerprint density at radius 2 is 1.86 bits per heavy atom. The van der Waals surface area contributed by atoms with E-state index < -0.39 is 23.5 Å². The number of quaternary nitrogens is 1. The van der Waals surface area contributed by atoms with Crippen molar-refractivity contribution in [1.82, 2.24) is 4.90 Å². The first-order chi connectivity index (χ1) is 16.9. The molecule has 0 bridgehead atoms. The summed E-state index contributed by atoms with van der Waals surface area (Å²) in [4.78, 5) is 29.4. The minimum atomic E-state index is -0.702. The molecule has 1 unspecified atom stereocenters. The van der Waals surface area contributed by atoms with Gasteiger partial charge in [-0.2, -0.15) is 0 Å². The smallest absolute Gasteiger partial charge is 0.295 e. The second-order valence-corrected chi connectivity index (χ2v) is 9.22. The highest BCUT2D eigenvalue weighted by molar-refractivity contribution is 6.46. The van der Waals surface area contributed by atoms with Gasteiger partial charge in [0.2, 0.25) is 5.78 Å². The predicted octanol–water partition coefficient (Wildman–Crippen LogP) is 1.10. The van der Waals surface area contributed by atoms with Crippen LogP contribution in [0.3, 0.4) is 0 Å². The molecule has 0 saturated carbocycles. The molecule has 0 aliphatic carbocycles. The number of carbonyl (C=O) groups is 2. The number of methoxy groups -OCH3 is 1. The van der Waals surface area contributed by atoms with E-state index in [0.29, 0.717) is 17.9 Å². The van der Waals surface area contributed by atoms with Gasteiger partial charge in [-0.25, -0.2) is 0 Å². The molecular formula is C28H34N2O5. The number of amides is 1. The molecule has 2 saturated heterocycles. The van der Waals surface area contributed by atoms with Gasteiger partial charge in [0, 0.05) is 18.5 Å². The standard InChI is InChI=1S/C28H34N2O5/c1-4-20-6-8-21(9-7-20)25-24(26(31)22-10-11-23(34-3)19(2)18-22)27(32)28(33)30(25)13-5-12-29-14-16-35-17-15-29/h6-11,18,25,31H,4-5,12-17H2,1-3H3/b26-24+. The molecule has 4 rings (SSSR count). The van der Waals surface area contributed by atoms with Crippen LogP contribution in [0, 0.1) is 6.92 Å². The van der Waals surface area contributed by atoms with E-state index in [2.05, 4.69) is 6.92 Å². The number of ketones is 1. The molecule has 2 aromatic rings. The lowest BCUT2D eigenvalue weighted by Gasteiger charge is -2.29. The van der Waals surface area contributed by atoms with Gasteiger partial charge in [-0.3, -0.25) is 9.59 Å². The van der Waals surface area contributed by atoms with Crippen LogP contribution in [-0.2, 0) is 20.7 Å². The molecule has 1 atom stereocenters. The van der Waals surface area contributed by atoms with Gasteiger partial charge in [-0.1, -0.05) is 43.0 Å². The molecular weight excluding hydrogens is 444 g/mol. The number of hydrogen-bond acceptors (Lipinski definition) is 5. The molecule has 2 aliphatic heterocycles. The molecule has 2 aliphatic rings. The Morgan fingerprint density at radius 1 is 1.14 bits per heavy atom. The van der Waals surface area contributed by atoms with Crippen LogP contribution in [0.15, 0.2) is 48.0 Å². The van der Waals surface area contributed by atoms with Crippen molar-refractivity contribution in [2.75, 3.05) is 46.5 Å². The Bertz CT molecular complexity index is 1100. The minimum absolute atomic E-state index is 0.0301. The van der Waals surface area contributed by atoms with E-state index in [0.717, 1.165) is 62.4 Å². The Hall–Kier alpha value is -3.16. The number of likely N-dealkylation sites (tertiary alicyclic amines) is 1. The van der Waals surface area contributed by atoms with E-state index in [9.17, 15) is 14.7 Å². The van der Waals surface area contributed by atoms with Crippen molar-refractivity contribution >= 4 is 17.4 Å². The molecule has 2 fully saturated rings. The van der Waals surface area contributed by atoms with Crippen LogP contribution in [0.5, 0.6) is 5.75 Å². The predicted molar refractivity (Wildman–Crippen MR) is 131 cm³/mol. The highest BCUT2D eigenvalue weighted by Crippen LogP contribution is 2.39. The summed E-state index contributed by atoms with van der Waals surface area (Å²) < 4.78 is 10.7. The monoisotopic (exact) mass is 478 g/mol. The van der Waals surface area contributed by atoms with Crippen LogP contribution >= 0.6 is 0 Å². The second-order valence-electron chi connectivity index (χ2n) is 9.22. The largest absolute Gasteiger partial charge is 0.872 e. The summed E-state index contributed by atoms with van der Waals surface area (Å²) in [5.74, 6) is -1.04. The summed E-state index contributed by atoms with van der Waals surface area (Å²) in [6.45, 7) is 8.63. The first-order valence-corrected chi connectivity index (χ1v) is 12.4. The fourth-order valence-corrected chi connectivity index (χ4v) is 4.97. The van der Waals surface area contributed by atoms with Crippen molar-refractivity contribution in [3.05, 3.63) is 70.3 Å². The van der Waals surface area contributed by atoms with E-state index in [-0.39, 0.29) is 5.57 Å². The van der Waals surface area contributed by atoms with Crippen molar-refractivity contribution in [3.63, 3.8) is 0 Å². The van der Waals surface area contributed by atoms with Gasteiger partial charge >= 0.3 is 0 Å². The number of morpholine rings is 1. The van der Waals surface area contributed by atoms with Gasteiger partial charge in [0.15, 0.2) is 0 Å². The van der Waals surface area contributed by atoms with Crippen molar-refractivity contribution < 1.29 is 29.1 Å². The summed E-state index contributed by atoms with van der Waals surface area (Å²) in [6.07, 6.45) is 1.64. The van der Waals surface area contributed by atoms with Crippen LogP contribution in [0.25, 0.3) is 5.76 Å². The van der Waals surface area contributed by atoms with E-state index in [4.69, 9.17) is 9.47 Å². The van der Waals surface area contributed by atoms with Gasteiger partial charge in [0.25, 0.3) is 5.91 Å². The van der Waals surface area contributed by atoms with Gasteiger partial charge in [0.05, 0.1) is 32.9 Å². The normalized spacial score (nSPS) is 20.4. The third-order valence-electron chi connectivity index (χ3n) is 7.02. The number of aryl methyl sites for hydroxylation is 2. The third-order valence-corrected chi connectivity index (χ3v) is 7.02. The van der Waals surface area contributed by atoms with Crippen LogP contribution in [-0.4, -0.2) is 63.1 Å². The average Bonchev–Trinajstić information content (AvgIpc) is 3.14. The van der Waals surface area contributed by atoms with Crippen molar-refractivity contribution in [3.8, 4) is 5.75 Å². The Morgan fingerprint density at radius 3 is 2.49 bits per heavy atom. The molecule has 7 nitrogen and oxygen atoms in total. The molecule has 0 aromatic heterocycles. The van der Waals surface area contributed by atoms with Crippen molar-refractivity contribution in [2.45, 2.75) is 32.7 Å². The number of benzene rings is 2. The zero-order valence-corrected chi connectivity index (χ0v) is 20.8. The number of hydrogen-bond donors (Lipinski definition) is 1. The van der Waals surface area contributed by atoms with Gasteiger partial charge < -0.3 is 24.4 Å². The second kappa shape index (κ2) is 11.1. The number of Topliss-reactive ketones (excluding diaryl/α,β-unsaturated/α-hetero) is 1. The van der Waals surface area contributed by atoms with Crippen LogP contribution in [0.1, 0.15) is 41.6 Å². The van der Waals surface area contributed by atoms with Crippen molar-refractivity contribution in [2.24, 2.45) is 0 Å². The number of nitrogens with zero attached hydrogens (tertiary/aromatic N) is 1. The lowest BCUT2D eigenvalue weighted by atomic mass is 9.94. The van der Waals surface area contributed by atoms with Crippen LogP contribution < -0.4 is 14.7 Å². The fraction of sp³-hybridized carbons (Fsp3) is 0.429. The third kappa shape index (κ3) is 5.26. The summed E-state index contributed by atoms with van der Waals surface area (Å²) in [5.41, 5.74) is 3.15. The maximum Gasteiger partial charge on any atom is 0.295 e. The zero-order chi connectivity index (χ0) is 24.9. The first kappa shape index (κ1) is 24.9. The minimum Gasteiger partial charge on any atom is -0.872 e. The summed E-state index contributed by atoms with van der Waals surface area (Å²) in [5, 5.41) is 13.6. The Kier molecular flexibility index (Phi) is 7.88. The molecule has 2 aromatic carbocycles. The van der Waals surface area contributed by atoms with E-state index in [1.54, 1.807) is 30.2 Å². The summed E-state index contributed by atoms with van der Waals surface area (Å²) in [6, 6.07) is 12.3. The maximum absolute atomic E-state index is 13.6. The molecule has 186 valence electrons. The fourth-order valence-electron chi connectivity index (χ4n) is 4.97. The molecule has 0 spiro atoms. The lowest BCUT2D eigenvalue weighted by molar-refractivity contribution is -0.908. The molecule has 1 amide bonds. The summed E-state index contributed by atoms with van der Waals surface area (Å²) in [7, 11) is 1.57. The quantitative estimate of drug-likeness (QED) is 0.349. The summed E-state index contributed by atoms with van der Waals surface area (Å²) >= 11 is 0. The highest BCUT2D eigenvalue weighted by Gasteiger charge is 2.44. The van der Waals surface area contributed by atoms with Gasteiger partial charge in [-0.15, -0.1) is 0 Å². The van der Waals surface area contributed by atoms with E-state index in [1.165, 1.54) is 4.90 Å². The molecule has 0 radical (unpaired) electrons. The van der Waals surface area contributed by atoms with E-state index >= 15 is 0 Å². The number of rotatable bonds is 8. The average molecular weight is 479 g/mol. The molecule has 35 heavy (non-hydrogen) atoms. The Balaban J connectivity index is 1.69. The SMILES string of the molecule is CCc1ccc(C2/C(=C(\[O-])c3ccc(OC)c(C)c3)C(=O)C(=O)N2CCC[NH+]2CCOCC2)cc1. The highest BCUT2D eigenvalue weighted by atomic mass is 16.5.